The van der Waals surface area contributed by atoms with E-state index in [0.717, 1.165) is 4.90 Å². The molecule has 1 rings (SSSR count). The number of carbonyl (C=O) groups excluding carboxylic acids is 2. The molecule has 90 valence electrons. The zero-order chi connectivity index (χ0) is 12.3. The number of likely N-dealkylation sites (N-methyl/N-ethyl adjacent to an activating group) is 1. The molecule has 1 heterocycles. The molecule has 1 aliphatic rings. The molecule has 0 spiro atoms. The number of amides is 2. The number of carbonyl (C=O) groups is 3. The SMILES string of the molecule is CN(CC(N)=O)C(=O)[C@@H]1CC[C@H](C(=O)O)O1. The van der Waals surface area contributed by atoms with E-state index in [2.05, 4.69) is 0 Å². The third-order valence-corrected chi connectivity index (χ3v) is 2.34. The number of carboxylic acid groups (broad SMARTS) is 1. The molecule has 2 atom stereocenters. The Morgan fingerprint density at radius 2 is 1.94 bits per heavy atom. The van der Waals surface area contributed by atoms with E-state index in [-0.39, 0.29) is 6.54 Å². The molecular formula is C9H14N2O5. The van der Waals surface area contributed by atoms with Gasteiger partial charge in [-0.25, -0.2) is 4.79 Å². The van der Waals surface area contributed by atoms with Gasteiger partial charge in [0, 0.05) is 7.05 Å². The van der Waals surface area contributed by atoms with E-state index in [9.17, 15) is 14.4 Å². The molecule has 0 radical (unpaired) electrons. The van der Waals surface area contributed by atoms with E-state index in [4.69, 9.17) is 15.6 Å². The number of nitrogens with zero attached hydrogens (tertiary/aromatic N) is 1. The topological polar surface area (TPSA) is 110 Å². The van der Waals surface area contributed by atoms with Crippen LogP contribution in [0.4, 0.5) is 0 Å². The first kappa shape index (κ1) is 12.4. The Hall–Kier alpha value is -1.63. The fourth-order valence-corrected chi connectivity index (χ4v) is 1.56. The molecule has 1 saturated heterocycles. The van der Waals surface area contributed by atoms with Crippen molar-refractivity contribution in [3.05, 3.63) is 0 Å². The second-order valence-electron chi connectivity index (χ2n) is 3.69. The maximum atomic E-state index is 11.6. The second-order valence-corrected chi connectivity index (χ2v) is 3.69. The Bertz CT molecular complexity index is 317. The molecule has 3 N–H and O–H groups in total. The van der Waals surface area contributed by atoms with Gasteiger partial charge in [-0.15, -0.1) is 0 Å². The van der Waals surface area contributed by atoms with Crippen molar-refractivity contribution in [3.8, 4) is 0 Å². The number of hydrogen-bond acceptors (Lipinski definition) is 4. The quantitative estimate of drug-likeness (QED) is 0.614. The summed E-state index contributed by atoms with van der Waals surface area (Å²) in [5.41, 5.74) is 4.94. The smallest absolute Gasteiger partial charge is 0.332 e. The fourth-order valence-electron chi connectivity index (χ4n) is 1.56. The van der Waals surface area contributed by atoms with Gasteiger partial charge in [-0.3, -0.25) is 9.59 Å². The largest absolute Gasteiger partial charge is 0.479 e. The van der Waals surface area contributed by atoms with Gasteiger partial charge in [-0.2, -0.15) is 0 Å². The van der Waals surface area contributed by atoms with Crippen molar-refractivity contribution < 1.29 is 24.2 Å². The highest BCUT2D eigenvalue weighted by atomic mass is 16.5. The van der Waals surface area contributed by atoms with E-state index in [1.807, 2.05) is 0 Å². The van der Waals surface area contributed by atoms with Crippen molar-refractivity contribution >= 4 is 17.8 Å². The Morgan fingerprint density at radius 3 is 2.38 bits per heavy atom. The number of primary amides is 1. The predicted octanol–water partition coefficient (Wildman–Crippen LogP) is -1.44. The first-order valence-corrected chi connectivity index (χ1v) is 4.83. The molecule has 7 nitrogen and oxygen atoms in total. The highest BCUT2D eigenvalue weighted by Crippen LogP contribution is 2.21. The van der Waals surface area contributed by atoms with Gasteiger partial charge in [0.2, 0.25) is 5.91 Å². The monoisotopic (exact) mass is 230 g/mol. The van der Waals surface area contributed by atoms with Crippen LogP contribution in [0.3, 0.4) is 0 Å². The van der Waals surface area contributed by atoms with Crippen LogP contribution in [0, 0.1) is 0 Å². The van der Waals surface area contributed by atoms with E-state index in [0.29, 0.717) is 12.8 Å². The van der Waals surface area contributed by atoms with Crippen molar-refractivity contribution in [2.75, 3.05) is 13.6 Å². The number of carboxylic acids is 1. The number of aliphatic carboxylic acids is 1. The number of nitrogens with two attached hydrogens (primary N) is 1. The van der Waals surface area contributed by atoms with Gasteiger partial charge in [0.15, 0.2) is 6.10 Å². The van der Waals surface area contributed by atoms with Crippen molar-refractivity contribution in [1.82, 2.24) is 4.90 Å². The van der Waals surface area contributed by atoms with Crippen molar-refractivity contribution in [2.45, 2.75) is 25.0 Å². The van der Waals surface area contributed by atoms with Gasteiger partial charge in [-0.05, 0) is 12.8 Å². The Labute approximate surface area is 92.1 Å². The van der Waals surface area contributed by atoms with E-state index >= 15 is 0 Å². The minimum atomic E-state index is -1.08. The third kappa shape index (κ3) is 2.93. The maximum Gasteiger partial charge on any atom is 0.332 e. The minimum Gasteiger partial charge on any atom is -0.479 e. The summed E-state index contributed by atoms with van der Waals surface area (Å²) in [5.74, 6) is -2.11. The van der Waals surface area contributed by atoms with Gasteiger partial charge < -0.3 is 20.5 Å². The van der Waals surface area contributed by atoms with Crippen LogP contribution in [0.1, 0.15) is 12.8 Å². The Morgan fingerprint density at radius 1 is 1.38 bits per heavy atom. The molecule has 1 aliphatic heterocycles. The summed E-state index contributed by atoms with van der Waals surface area (Å²) < 4.78 is 5.04. The fraction of sp³-hybridized carbons (Fsp3) is 0.667. The Balaban J connectivity index is 2.50. The summed E-state index contributed by atoms with van der Waals surface area (Å²) in [4.78, 5) is 34.0. The maximum absolute atomic E-state index is 11.6. The molecule has 0 aromatic rings. The number of hydrogen-bond donors (Lipinski definition) is 2. The minimum absolute atomic E-state index is 0.198. The molecule has 0 bridgehead atoms. The highest BCUT2D eigenvalue weighted by Gasteiger charge is 2.36. The molecule has 0 aliphatic carbocycles. The molecule has 0 unspecified atom stereocenters. The lowest BCUT2D eigenvalue weighted by Gasteiger charge is -2.19. The summed E-state index contributed by atoms with van der Waals surface area (Å²) >= 11 is 0. The van der Waals surface area contributed by atoms with Crippen LogP contribution in [-0.4, -0.2) is 53.6 Å². The van der Waals surface area contributed by atoms with Crippen LogP contribution in [0.5, 0.6) is 0 Å². The summed E-state index contributed by atoms with van der Waals surface area (Å²) in [6.45, 7) is -0.198. The molecule has 0 aromatic heterocycles. The molecule has 2 amide bonds. The van der Waals surface area contributed by atoms with E-state index in [1.54, 1.807) is 0 Å². The molecule has 16 heavy (non-hydrogen) atoms. The van der Waals surface area contributed by atoms with Gasteiger partial charge in [-0.1, -0.05) is 0 Å². The first-order chi connectivity index (χ1) is 7.41. The van der Waals surface area contributed by atoms with E-state index in [1.165, 1.54) is 7.05 Å². The van der Waals surface area contributed by atoms with Crippen molar-refractivity contribution in [1.29, 1.82) is 0 Å². The van der Waals surface area contributed by atoms with Crippen molar-refractivity contribution in [2.24, 2.45) is 5.73 Å². The summed E-state index contributed by atoms with van der Waals surface area (Å²) in [6.07, 6.45) is -1.07. The summed E-state index contributed by atoms with van der Waals surface area (Å²) in [7, 11) is 1.42. The molecule has 0 saturated carbocycles. The van der Waals surface area contributed by atoms with Gasteiger partial charge in [0.05, 0.1) is 6.54 Å². The van der Waals surface area contributed by atoms with E-state index < -0.39 is 30.0 Å². The summed E-state index contributed by atoms with van der Waals surface area (Å²) in [6, 6.07) is 0. The highest BCUT2D eigenvalue weighted by molar-refractivity contribution is 5.86. The van der Waals surface area contributed by atoms with Crippen LogP contribution in [0.15, 0.2) is 0 Å². The lowest BCUT2D eigenvalue weighted by molar-refractivity contribution is -0.155. The lowest BCUT2D eigenvalue weighted by atomic mass is 10.2. The van der Waals surface area contributed by atoms with Crippen LogP contribution < -0.4 is 5.73 Å². The number of rotatable bonds is 4. The van der Waals surface area contributed by atoms with Gasteiger partial charge in [0.25, 0.3) is 5.91 Å². The van der Waals surface area contributed by atoms with Crippen LogP contribution in [0.2, 0.25) is 0 Å². The van der Waals surface area contributed by atoms with Crippen LogP contribution in [0.25, 0.3) is 0 Å². The number of ether oxygens (including phenoxy) is 1. The van der Waals surface area contributed by atoms with Crippen LogP contribution in [-0.2, 0) is 19.1 Å². The second kappa shape index (κ2) is 4.93. The molecular weight excluding hydrogens is 216 g/mol. The first-order valence-electron chi connectivity index (χ1n) is 4.83. The molecule has 0 aromatic carbocycles. The van der Waals surface area contributed by atoms with Crippen molar-refractivity contribution in [3.63, 3.8) is 0 Å². The lowest BCUT2D eigenvalue weighted by Crippen LogP contribution is -2.41. The molecule has 7 heteroatoms. The predicted molar refractivity (Wildman–Crippen MR) is 52.4 cm³/mol. The normalized spacial score (nSPS) is 24.1. The average molecular weight is 230 g/mol. The van der Waals surface area contributed by atoms with Gasteiger partial charge >= 0.3 is 5.97 Å². The third-order valence-electron chi connectivity index (χ3n) is 2.34. The zero-order valence-corrected chi connectivity index (χ0v) is 8.88. The Kier molecular flexibility index (Phi) is 3.83. The summed E-state index contributed by atoms with van der Waals surface area (Å²) in [5, 5.41) is 8.67. The van der Waals surface area contributed by atoms with Crippen LogP contribution >= 0.6 is 0 Å². The molecule has 1 fully saturated rings. The van der Waals surface area contributed by atoms with Gasteiger partial charge in [0.1, 0.15) is 6.10 Å². The standard InChI is InChI=1S/C9H14N2O5/c1-11(4-7(10)12)8(13)5-2-3-6(16-5)9(14)15/h5-6H,2-4H2,1H3,(H2,10,12)(H,14,15)/t5-,6+/m0/s1. The zero-order valence-electron chi connectivity index (χ0n) is 8.88. The average Bonchev–Trinajstić information content (AvgIpc) is 2.64.